The van der Waals surface area contributed by atoms with E-state index in [0.29, 0.717) is 30.3 Å². The molecule has 1 fully saturated rings. The third-order valence-corrected chi connectivity index (χ3v) is 8.19. The van der Waals surface area contributed by atoms with E-state index in [1.54, 1.807) is 19.2 Å². The number of rotatable bonds is 12. The van der Waals surface area contributed by atoms with Gasteiger partial charge in [-0.3, -0.25) is 4.79 Å². The van der Waals surface area contributed by atoms with Crippen molar-refractivity contribution in [1.29, 1.82) is 0 Å². The molecule has 4 nitrogen and oxygen atoms in total. The number of halogens is 1. The van der Waals surface area contributed by atoms with Gasteiger partial charge in [-0.2, -0.15) is 0 Å². The predicted molar refractivity (Wildman–Crippen MR) is 154 cm³/mol. The second-order valence-electron chi connectivity index (χ2n) is 11.1. The fraction of sp³-hybridized carbons (Fsp3) is 0.382. The van der Waals surface area contributed by atoms with Crippen LogP contribution in [0.4, 0.5) is 4.39 Å². The number of benzene rings is 3. The van der Waals surface area contributed by atoms with Crippen LogP contribution in [0.25, 0.3) is 11.1 Å². The van der Waals surface area contributed by atoms with Crippen molar-refractivity contribution in [3.05, 3.63) is 95.8 Å². The molecule has 0 unspecified atom stereocenters. The Morgan fingerprint density at radius 1 is 1.05 bits per heavy atom. The molecule has 2 atom stereocenters. The van der Waals surface area contributed by atoms with Gasteiger partial charge in [0.2, 0.25) is 0 Å². The summed E-state index contributed by atoms with van der Waals surface area (Å²) in [5, 5.41) is 0. The van der Waals surface area contributed by atoms with Crippen LogP contribution in [-0.4, -0.2) is 20.2 Å². The molecule has 0 amide bonds. The zero-order chi connectivity index (χ0) is 28.2. The topological polar surface area (TPSA) is 44.8 Å². The monoisotopic (exact) mass is 530 g/mol. The maximum Gasteiger partial charge on any atom is 0.306 e. The number of methoxy groups -OCH3 is 2. The quantitative estimate of drug-likeness (QED) is 0.174. The van der Waals surface area contributed by atoms with Crippen LogP contribution in [0.2, 0.25) is 0 Å². The number of ether oxygens (including phenoxy) is 3. The predicted octanol–water partition coefficient (Wildman–Crippen LogP) is 8.45. The first-order valence-corrected chi connectivity index (χ1v) is 13.6. The molecule has 0 saturated heterocycles. The molecule has 0 aliphatic heterocycles. The summed E-state index contributed by atoms with van der Waals surface area (Å²) in [6.07, 6.45) is 4.60. The van der Waals surface area contributed by atoms with E-state index in [-0.39, 0.29) is 29.0 Å². The lowest BCUT2D eigenvalue weighted by molar-refractivity contribution is -0.141. The third-order valence-electron chi connectivity index (χ3n) is 8.19. The van der Waals surface area contributed by atoms with E-state index in [2.05, 4.69) is 39.5 Å². The van der Waals surface area contributed by atoms with Gasteiger partial charge in [0.25, 0.3) is 0 Å². The van der Waals surface area contributed by atoms with Crippen molar-refractivity contribution in [2.24, 2.45) is 11.3 Å². The van der Waals surface area contributed by atoms with Crippen molar-refractivity contribution in [2.75, 3.05) is 14.2 Å². The van der Waals surface area contributed by atoms with Gasteiger partial charge in [-0.15, -0.1) is 6.58 Å². The summed E-state index contributed by atoms with van der Waals surface area (Å²) >= 11 is 0. The molecule has 206 valence electrons. The van der Waals surface area contributed by atoms with Crippen molar-refractivity contribution >= 4 is 5.97 Å². The highest BCUT2D eigenvalue weighted by atomic mass is 19.1. The van der Waals surface area contributed by atoms with E-state index in [1.807, 2.05) is 36.4 Å². The largest absolute Gasteiger partial charge is 0.497 e. The van der Waals surface area contributed by atoms with Gasteiger partial charge in [-0.05, 0) is 88.6 Å². The van der Waals surface area contributed by atoms with Crippen molar-refractivity contribution < 1.29 is 23.4 Å². The number of esters is 1. The van der Waals surface area contributed by atoms with Crippen LogP contribution in [0, 0.1) is 17.2 Å². The van der Waals surface area contributed by atoms with Crippen molar-refractivity contribution in [1.82, 2.24) is 0 Å². The van der Waals surface area contributed by atoms with Gasteiger partial charge in [-0.25, -0.2) is 4.39 Å². The third kappa shape index (κ3) is 6.70. The second kappa shape index (κ2) is 12.1. The molecule has 0 heterocycles. The van der Waals surface area contributed by atoms with Gasteiger partial charge >= 0.3 is 5.97 Å². The molecule has 0 aromatic heterocycles. The van der Waals surface area contributed by atoms with Crippen LogP contribution >= 0.6 is 0 Å². The first-order chi connectivity index (χ1) is 18.7. The van der Waals surface area contributed by atoms with Crippen LogP contribution in [0.5, 0.6) is 11.5 Å². The molecule has 0 bridgehead atoms. The molecule has 3 aromatic rings. The average molecular weight is 531 g/mol. The summed E-state index contributed by atoms with van der Waals surface area (Å²) in [4.78, 5) is 12.0. The zero-order valence-corrected chi connectivity index (χ0v) is 23.6. The minimum atomic E-state index is -0.293. The summed E-state index contributed by atoms with van der Waals surface area (Å²) in [5.41, 5.74) is 4.24. The molecule has 0 radical (unpaired) electrons. The SMILES string of the molecule is C=CC(C)(C)[C@@H](C)c1cc(COc2cccc([C@H](CC(=O)OC)C3CC3)c2)ccc1-c1cc(OC)ccc1F. The standard InChI is InChI=1S/C34H39FO4/c1-7-34(3,4)22(2)29-17-23(11-15-28(29)31-19-26(37-5)14-16-32(31)35)21-39-27-10-8-9-25(18-27)30(24-12-13-24)20-33(36)38-6/h7-11,14-19,22,24,30H,1,12-13,20-21H2,2-6H3/t22-,30+/m0/s1. The molecule has 4 rings (SSSR count). The summed E-state index contributed by atoms with van der Waals surface area (Å²) in [7, 11) is 3.02. The number of allylic oxidation sites excluding steroid dienone is 1. The smallest absolute Gasteiger partial charge is 0.306 e. The Labute approximate surface area is 231 Å². The van der Waals surface area contributed by atoms with Crippen molar-refractivity contribution in [3.63, 3.8) is 0 Å². The lowest BCUT2D eigenvalue weighted by Gasteiger charge is -2.31. The maximum atomic E-state index is 15.0. The van der Waals surface area contributed by atoms with E-state index in [4.69, 9.17) is 14.2 Å². The molecule has 1 saturated carbocycles. The first-order valence-electron chi connectivity index (χ1n) is 13.6. The molecule has 3 aromatic carbocycles. The van der Waals surface area contributed by atoms with E-state index in [1.165, 1.54) is 13.2 Å². The van der Waals surface area contributed by atoms with Crippen LogP contribution in [0.15, 0.2) is 73.3 Å². The minimum Gasteiger partial charge on any atom is -0.497 e. The first kappa shape index (κ1) is 28.4. The summed E-state index contributed by atoms with van der Waals surface area (Å²) in [6.45, 7) is 10.8. The van der Waals surface area contributed by atoms with Gasteiger partial charge in [0.1, 0.15) is 23.9 Å². The molecule has 1 aliphatic rings. The van der Waals surface area contributed by atoms with E-state index >= 15 is 4.39 Å². The van der Waals surface area contributed by atoms with Crippen LogP contribution in [-0.2, 0) is 16.1 Å². The summed E-state index contributed by atoms with van der Waals surface area (Å²) < 4.78 is 31.6. The van der Waals surface area contributed by atoms with E-state index < -0.39 is 0 Å². The maximum absolute atomic E-state index is 15.0. The Morgan fingerprint density at radius 3 is 2.49 bits per heavy atom. The Bertz CT molecular complexity index is 1320. The fourth-order valence-corrected chi connectivity index (χ4v) is 5.04. The Morgan fingerprint density at radius 2 is 1.82 bits per heavy atom. The number of hydrogen-bond donors (Lipinski definition) is 0. The van der Waals surface area contributed by atoms with Crippen molar-refractivity contribution in [2.45, 2.75) is 58.5 Å². The molecule has 0 spiro atoms. The Balaban J connectivity index is 1.62. The van der Waals surface area contributed by atoms with E-state index in [9.17, 15) is 4.79 Å². The van der Waals surface area contributed by atoms with Gasteiger partial charge in [-0.1, -0.05) is 57.2 Å². The van der Waals surface area contributed by atoms with Gasteiger partial charge in [0.15, 0.2) is 0 Å². The molecule has 0 N–H and O–H groups in total. The lowest BCUT2D eigenvalue weighted by atomic mass is 9.74. The molecule has 5 heteroatoms. The van der Waals surface area contributed by atoms with Gasteiger partial charge in [0, 0.05) is 5.56 Å². The molecular weight excluding hydrogens is 491 g/mol. The van der Waals surface area contributed by atoms with Crippen LogP contribution in [0.1, 0.15) is 68.6 Å². The fourth-order valence-electron chi connectivity index (χ4n) is 5.04. The van der Waals surface area contributed by atoms with E-state index in [0.717, 1.165) is 40.8 Å². The van der Waals surface area contributed by atoms with Gasteiger partial charge in [0.05, 0.1) is 20.6 Å². The lowest BCUT2D eigenvalue weighted by Crippen LogP contribution is -2.18. The normalized spacial score (nSPS) is 14.8. The highest BCUT2D eigenvalue weighted by Gasteiger charge is 2.34. The average Bonchev–Trinajstić information content (AvgIpc) is 3.80. The number of hydrogen-bond acceptors (Lipinski definition) is 4. The number of carbonyl (C=O) groups is 1. The summed E-state index contributed by atoms with van der Waals surface area (Å²) in [6, 6.07) is 18.9. The Hall–Kier alpha value is -3.60. The van der Waals surface area contributed by atoms with Crippen LogP contribution < -0.4 is 9.47 Å². The zero-order valence-electron chi connectivity index (χ0n) is 23.6. The second-order valence-corrected chi connectivity index (χ2v) is 11.1. The van der Waals surface area contributed by atoms with Crippen LogP contribution in [0.3, 0.4) is 0 Å². The molecule has 1 aliphatic carbocycles. The summed E-state index contributed by atoms with van der Waals surface area (Å²) in [5.74, 6) is 1.61. The highest BCUT2D eigenvalue weighted by molar-refractivity contribution is 5.71. The minimum absolute atomic E-state index is 0.0662. The number of carbonyl (C=O) groups excluding carboxylic acids is 1. The van der Waals surface area contributed by atoms with Crippen molar-refractivity contribution in [3.8, 4) is 22.6 Å². The van der Waals surface area contributed by atoms with Gasteiger partial charge < -0.3 is 14.2 Å². The molecule has 39 heavy (non-hydrogen) atoms. The highest BCUT2D eigenvalue weighted by Crippen LogP contribution is 2.45. The molecular formula is C34H39FO4. The Kier molecular flexibility index (Phi) is 8.79.